The Kier molecular flexibility index (Phi) is 3.71. The topological polar surface area (TPSA) is 87.7 Å². The van der Waals surface area contributed by atoms with Crippen molar-refractivity contribution in [2.24, 2.45) is 0 Å². The Balaban J connectivity index is 2.00. The zero-order chi connectivity index (χ0) is 13.9. The second kappa shape index (κ2) is 5.27. The second-order valence-corrected chi connectivity index (χ2v) is 4.63. The summed E-state index contributed by atoms with van der Waals surface area (Å²) in [6.45, 7) is 2.26. The predicted octanol–water partition coefficient (Wildman–Crippen LogP) is 1.36. The summed E-state index contributed by atoms with van der Waals surface area (Å²) in [5.74, 6) is -1.08. The van der Waals surface area contributed by atoms with E-state index in [0.717, 1.165) is 5.56 Å². The van der Waals surface area contributed by atoms with E-state index in [-0.39, 0.29) is 13.0 Å². The van der Waals surface area contributed by atoms with Crippen LogP contribution in [0.3, 0.4) is 0 Å². The maximum absolute atomic E-state index is 11.8. The number of ether oxygens (including phenoxy) is 1. The molecule has 1 heterocycles. The number of carbonyl (C=O) groups excluding carboxylic acids is 1. The molecule has 1 saturated heterocycles. The van der Waals surface area contributed by atoms with E-state index in [4.69, 9.17) is 4.74 Å². The molecule has 6 nitrogen and oxygen atoms in total. The first-order chi connectivity index (χ1) is 9.02. The first-order valence-electron chi connectivity index (χ1n) is 5.99. The lowest BCUT2D eigenvalue weighted by molar-refractivity contribution is -0.144. The van der Waals surface area contributed by atoms with Gasteiger partial charge in [0.1, 0.15) is 0 Å². The summed E-state index contributed by atoms with van der Waals surface area (Å²) in [4.78, 5) is 23.1. The van der Waals surface area contributed by atoms with Gasteiger partial charge in [-0.3, -0.25) is 0 Å². The molecule has 1 aromatic carbocycles. The quantitative estimate of drug-likeness (QED) is 0.769. The first kappa shape index (κ1) is 13.4. The van der Waals surface area contributed by atoms with Crippen molar-refractivity contribution in [2.75, 3.05) is 18.5 Å². The van der Waals surface area contributed by atoms with Crippen LogP contribution in [0.4, 0.5) is 10.5 Å². The van der Waals surface area contributed by atoms with Crippen molar-refractivity contribution >= 4 is 17.7 Å². The van der Waals surface area contributed by atoms with Crippen molar-refractivity contribution in [3.8, 4) is 0 Å². The largest absolute Gasteiger partial charge is 0.479 e. The molecule has 2 rings (SSSR count). The fourth-order valence-corrected chi connectivity index (χ4v) is 1.90. The summed E-state index contributed by atoms with van der Waals surface area (Å²) in [7, 11) is 0. The van der Waals surface area contributed by atoms with Crippen molar-refractivity contribution in [1.82, 2.24) is 5.32 Å². The third kappa shape index (κ3) is 3.03. The van der Waals surface area contributed by atoms with E-state index in [2.05, 4.69) is 10.6 Å². The summed E-state index contributed by atoms with van der Waals surface area (Å²) >= 11 is 0. The SMILES string of the molecule is Cc1ccc(NC(=O)NC2(C(=O)O)CCOC2)cc1. The molecule has 6 heteroatoms. The molecule has 1 aliphatic heterocycles. The Hall–Kier alpha value is -2.08. The van der Waals surface area contributed by atoms with Gasteiger partial charge < -0.3 is 20.5 Å². The maximum Gasteiger partial charge on any atom is 0.332 e. The van der Waals surface area contributed by atoms with Crippen molar-refractivity contribution in [2.45, 2.75) is 18.9 Å². The standard InChI is InChI=1S/C13H16N2O4/c1-9-2-4-10(5-3-9)14-12(18)15-13(11(16)17)6-7-19-8-13/h2-5H,6-8H2,1H3,(H,16,17)(H2,14,15,18). The fourth-order valence-electron chi connectivity index (χ4n) is 1.90. The average Bonchev–Trinajstić information content (AvgIpc) is 2.82. The van der Waals surface area contributed by atoms with Crippen LogP contribution in [0, 0.1) is 6.92 Å². The molecule has 0 saturated carbocycles. The molecule has 0 aliphatic carbocycles. The third-order valence-electron chi connectivity index (χ3n) is 3.09. The molecule has 1 aromatic rings. The number of carbonyl (C=O) groups is 2. The summed E-state index contributed by atoms with van der Waals surface area (Å²) in [6, 6.07) is 6.69. The highest BCUT2D eigenvalue weighted by molar-refractivity contribution is 5.94. The molecule has 2 amide bonds. The Bertz CT molecular complexity index is 478. The molecule has 19 heavy (non-hydrogen) atoms. The van der Waals surface area contributed by atoms with Gasteiger partial charge in [-0.1, -0.05) is 17.7 Å². The minimum Gasteiger partial charge on any atom is -0.479 e. The number of carboxylic acid groups (broad SMARTS) is 1. The highest BCUT2D eigenvalue weighted by Crippen LogP contribution is 2.19. The van der Waals surface area contributed by atoms with Gasteiger partial charge in [0.05, 0.1) is 6.61 Å². The smallest absolute Gasteiger partial charge is 0.332 e. The van der Waals surface area contributed by atoms with Crippen LogP contribution >= 0.6 is 0 Å². The Morgan fingerprint density at radius 1 is 1.32 bits per heavy atom. The molecule has 1 unspecified atom stereocenters. The molecule has 0 spiro atoms. The van der Waals surface area contributed by atoms with Crippen LogP contribution in [0.5, 0.6) is 0 Å². The minimum atomic E-state index is -1.32. The number of hydrogen-bond donors (Lipinski definition) is 3. The minimum absolute atomic E-state index is 0.0103. The number of urea groups is 1. The van der Waals surface area contributed by atoms with Crippen LogP contribution in [0.25, 0.3) is 0 Å². The number of amides is 2. The van der Waals surface area contributed by atoms with Gasteiger partial charge >= 0.3 is 12.0 Å². The van der Waals surface area contributed by atoms with Gasteiger partial charge in [0.2, 0.25) is 0 Å². The molecule has 0 bridgehead atoms. The molecule has 0 aromatic heterocycles. The lowest BCUT2D eigenvalue weighted by atomic mass is 9.99. The third-order valence-corrected chi connectivity index (χ3v) is 3.09. The zero-order valence-corrected chi connectivity index (χ0v) is 10.6. The number of aryl methyl sites for hydroxylation is 1. The normalized spacial score (nSPS) is 21.9. The van der Waals surface area contributed by atoms with Crippen molar-refractivity contribution in [3.05, 3.63) is 29.8 Å². The van der Waals surface area contributed by atoms with E-state index >= 15 is 0 Å². The monoisotopic (exact) mass is 264 g/mol. The fraction of sp³-hybridized carbons (Fsp3) is 0.385. The van der Waals surface area contributed by atoms with Gasteiger partial charge in [0.15, 0.2) is 5.54 Å². The molecule has 1 fully saturated rings. The molecular weight excluding hydrogens is 248 g/mol. The Morgan fingerprint density at radius 3 is 2.53 bits per heavy atom. The number of rotatable bonds is 3. The lowest BCUT2D eigenvalue weighted by Crippen LogP contribution is -2.56. The van der Waals surface area contributed by atoms with Gasteiger partial charge in [-0.2, -0.15) is 0 Å². The average molecular weight is 264 g/mol. The molecule has 1 aliphatic rings. The number of carboxylic acids is 1. The van der Waals surface area contributed by atoms with Crippen LogP contribution in [0.15, 0.2) is 24.3 Å². The van der Waals surface area contributed by atoms with E-state index < -0.39 is 17.5 Å². The molecule has 102 valence electrons. The number of nitrogens with one attached hydrogen (secondary N) is 2. The molecular formula is C13H16N2O4. The number of hydrogen-bond acceptors (Lipinski definition) is 3. The van der Waals surface area contributed by atoms with Crippen LogP contribution in [0.1, 0.15) is 12.0 Å². The van der Waals surface area contributed by atoms with Crippen molar-refractivity contribution in [3.63, 3.8) is 0 Å². The van der Waals surface area contributed by atoms with E-state index in [9.17, 15) is 14.7 Å². The number of aliphatic carboxylic acids is 1. The molecule has 1 atom stereocenters. The zero-order valence-electron chi connectivity index (χ0n) is 10.6. The van der Waals surface area contributed by atoms with Gasteiger partial charge in [-0.25, -0.2) is 9.59 Å². The number of anilines is 1. The van der Waals surface area contributed by atoms with E-state index in [1.54, 1.807) is 12.1 Å². The first-order valence-corrected chi connectivity index (χ1v) is 5.99. The van der Waals surface area contributed by atoms with E-state index in [1.165, 1.54) is 0 Å². The van der Waals surface area contributed by atoms with E-state index in [1.807, 2.05) is 19.1 Å². The van der Waals surface area contributed by atoms with Gasteiger partial charge in [0.25, 0.3) is 0 Å². The van der Waals surface area contributed by atoms with Crippen LogP contribution in [0.2, 0.25) is 0 Å². The van der Waals surface area contributed by atoms with Crippen LogP contribution in [-0.2, 0) is 9.53 Å². The Labute approximate surface area is 110 Å². The maximum atomic E-state index is 11.8. The van der Waals surface area contributed by atoms with Gasteiger partial charge in [-0.05, 0) is 19.1 Å². The lowest BCUT2D eigenvalue weighted by Gasteiger charge is -2.23. The summed E-state index contributed by atoms with van der Waals surface area (Å²) < 4.78 is 5.07. The predicted molar refractivity (Wildman–Crippen MR) is 69.1 cm³/mol. The van der Waals surface area contributed by atoms with Crippen LogP contribution in [-0.4, -0.2) is 35.9 Å². The second-order valence-electron chi connectivity index (χ2n) is 4.63. The van der Waals surface area contributed by atoms with Gasteiger partial charge in [0, 0.05) is 18.7 Å². The number of benzene rings is 1. The summed E-state index contributed by atoms with van der Waals surface area (Å²) in [5, 5.41) is 14.3. The summed E-state index contributed by atoms with van der Waals surface area (Å²) in [5.41, 5.74) is 0.370. The highest BCUT2D eigenvalue weighted by Gasteiger charge is 2.44. The van der Waals surface area contributed by atoms with Crippen molar-refractivity contribution < 1.29 is 19.4 Å². The molecule has 3 N–H and O–H groups in total. The van der Waals surface area contributed by atoms with Crippen molar-refractivity contribution in [1.29, 1.82) is 0 Å². The van der Waals surface area contributed by atoms with Gasteiger partial charge in [-0.15, -0.1) is 0 Å². The van der Waals surface area contributed by atoms with Crippen LogP contribution < -0.4 is 10.6 Å². The van der Waals surface area contributed by atoms with E-state index in [0.29, 0.717) is 12.3 Å². The highest BCUT2D eigenvalue weighted by atomic mass is 16.5. The Morgan fingerprint density at radius 2 is 2.00 bits per heavy atom. The summed E-state index contributed by atoms with van der Waals surface area (Å²) in [6.07, 6.45) is 0.268. The molecule has 0 radical (unpaired) electrons.